The second-order valence-corrected chi connectivity index (χ2v) is 5.98. The largest absolute Gasteiger partial charge is 0.350 e. The van der Waals surface area contributed by atoms with Crippen molar-refractivity contribution < 1.29 is 4.79 Å². The summed E-state index contributed by atoms with van der Waals surface area (Å²) in [5.41, 5.74) is 1.01. The van der Waals surface area contributed by atoms with Crippen LogP contribution in [0, 0.1) is 16.7 Å². The average molecular weight is 336 g/mol. The Bertz CT molecular complexity index is 501. The van der Waals surface area contributed by atoms with Gasteiger partial charge in [-0.3, -0.25) is 4.79 Å². The van der Waals surface area contributed by atoms with Crippen molar-refractivity contribution in [2.24, 2.45) is 5.41 Å². The maximum atomic E-state index is 12.1. The zero-order chi connectivity index (χ0) is 14.4. The van der Waals surface area contributed by atoms with Crippen LogP contribution < -0.4 is 5.32 Å². The molecule has 0 unspecified atom stereocenters. The standard InChI is InChI=1S/C15H18BrN3O/c16-10-15(6-2-1-3-7-15)11-19-14(20)13-5-4-12(8-17)9-18-13/h4-5,9H,1-3,6-7,10-11H2,(H,19,20). The third-order valence-electron chi connectivity index (χ3n) is 3.95. The van der Waals surface area contributed by atoms with Gasteiger partial charge in [0.05, 0.1) is 5.56 Å². The highest BCUT2D eigenvalue weighted by atomic mass is 79.9. The molecular weight excluding hydrogens is 318 g/mol. The van der Waals surface area contributed by atoms with Crippen molar-refractivity contribution in [3.8, 4) is 6.07 Å². The summed E-state index contributed by atoms with van der Waals surface area (Å²) < 4.78 is 0. The highest BCUT2D eigenvalue weighted by Crippen LogP contribution is 2.37. The molecule has 1 N–H and O–H groups in total. The molecule has 1 amide bonds. The first-order valence-corrected chi connectivity index (χ1v) is 8.02. The fourth-order valence-corrected chi connectivity index (χ4v) is 3.37. The molecule has 1 saturated carbocycles. The van der Waals surface area contributed by atoms with Gasteiger partial charge in [0.2, 0.25) is 0 Å². The molecule has 0 bridgehead atoms. The predicted octanol–water partition coefficient (Wildman–Crippen LogP) is 3.03. The summed E-state index contributed by atoms with van der Waals surface area (Å²) in [6.07, 6.45) is 7.49. The van der Waals surface area contributed by atoms with Crippen LogP contribution in [0.5, 0.6) is 0 Å². The first-order chi connectivity index (χ1) is 9.69. The van der Waals surface area contributed by atoms with Gasteiger partial charge in [-0.1, -0.05) is 35.2 Å². The lowest BCUT2D eigenvalue weighted by molar-refractivity contribution is 0.0917. The summed E-state index contributed by atoms with van der Waals surface area (Å²) in [6, 6.07) is 5.20. The van der Waals surface area contributed by atoms with Gasteiger partial charge >= 0.3 is 0 Å². The fraction of sp³-hybridized carbons (Fsp3) is 0.533. The molecule has 0 saturated heterocycles. The Kier molecular flexibility index (Phi) is 5.13. The Morgan fingerprint density at radius 3 is 2.70 bits per heavy atom. The van der Waals surface area contributed by atoms with Crippen molar-refractivity contribution in [3.05, 3.63) is 29.6 Å². The SMILES string of the molecule is N#Cc1ccc(C(=O)NCC2(CBr)CCCCC2)nc1. The van der Waals surface area contributed by atoms with Gasteiger partial charge in [-0.2, -0.15) is 5.26 Å². The lowest BCUT2D eigenvalue weighted by Crippen LogP contribution is -2.40. The number of rotatable bonds is 4. The zero-order valence-corrected chi connectivity index (χ0v) is 12.9. The van der Waals surface area contributed by atoms with Crippen molar-refractivity contribution >= 4 is 21.8 Å². The summed E-state index contributed by atoms with van der Waals surface area (Å²) >= 11 is 3.59. The second kappa shape index (κ2) is 6.85. The van der Waals surface area contributed by atoms with Gasteiger partial charge in [-0.15, -0.1) is 0 Å². The summed E-state index contributed by atoms with van der Waals surface area (Å²) in [6.45, 7) is 0.679. The minimum Gasteiger partial charge on any atom is -0.350 e. The monoisotopic (exact) mass is 335 g/mol. The Balaban J connectivity index is 1.95. The van der Waals surface area contributed by atoms with Gasteiger partial charge in [0, 0.05) is 18.1 Å². The van der Waals surface area contributed by atoms with Crippen molar-refractivity contribution in [2.75, 3.05) is 11.9 Å². The van der Waals surface area contributed by atoms with Crippen LogP contribution >= 0.6 is 15.9 Å². The topological polar surface area (TPSA) is 65.8 Å². The molecule has 5 heteroatoms. The molecule has 0 aromatic carbocycles. The Morgan fingerprint density at radius 2 is 2.15 bits per heavy atom. The number of nitrogens with one attached hydrogen (secondary N) is 1. The van der Waals surface area contributed by atoms with Crippen LogP contribution in [0.2, 0.25) is 0 Å². The van der Waals surface area contributed by atoms with Gasteiger partial charge in [0.15, 0.2) is 0 Å². The van der Waals surface area contributed by atoms with Crippen LogP contribution in [0.25, 0.3) is 0 Å². The molecule has 0 aliphatic heterocycles. The van der Waals surface area contributed by atoms with E-state index in [0.717, 1.165) is 18.2 Å². The van der Waals surface area contributed by atoms with Crippen LogP contribution in [-0.2, 0) is 0 Å². The van der Waals surface area contributed by atoms with Crippen molar-refractivity contribution in [1.82, 2.24) is 10.3 Å². The minimum atomic E-state index is -0.166. The number of pyridine rings is 1. The molecule has 106 valence electrons. The lowest BCUT2D eigenvalue weighted by Gasteiger charge is -2.35. The lowest BCUT2D eigenvalue weighted by atomic mass is 9.75. The first kappa shape index (κ1) is 15.0. The van der Waals surface area contributed by atoms with E-state index in [1.807, 2.05) is 6.07 Å². The highest BCUT2D eigenvalue weighted by Gasteiger charge is 2.31. The molecule has 1 fully saturated rings. The molecule has 0 atom stereocenters. The third kappa shape index (κ3) is 3.57. The van der Waals surface area contributed by atoms with Crippen molar-refractivity contribution in [1.29, 1.82) is 5.26 Å². The maximum absolute atomic E-state index is 12.1. The van der Waals surface area contributed by atoms with Crippen LogP contribution in [0.15, 0.2) is 18.3 Å². The molecule has 0 radical (unpaired) electrons. The average Bonchev–Trinajstić information content (AvgIpc) is 2.53. The number of nitriles is 1. The number of aromatic nitrogens is 1. The molecule has 1 aromatic rings. The van der Waals surface area contributed by atoms with E-state index in [4.69, 9.17) is 5.26 Å². The number of amides is 1. The van der Waals surface area contributed by atoms with Crippen LogP contribution in [0.4, 0.5) is 0 Å². The third-order valence-corrected chi connectivity index (χ3v) is 5.14. The van der Waals surface area contributed by atoms with Gasteiger partial charge in [0.25, 0.3) is 5.91 Å². The summed E-state index contributed by atoms with van der Waals surface area (Å²) in [5, 5.41) is 12.6. The number of alkyl halides is 1. The maximum Gasteiger partial charge on any atom is 0.269 e. The first-order valence-electron chi connectivity index (χ1n) is 6.89. The molecule has 2 rings (SSSR count). The van der Waals surface area contributed by atoms with Gasteiger partial charge in [0.1, 0.15) is 11.8 Å². The van der Waals surface area contributed by atoms with Crippen molar-refractivity contribution in [3.63, 3.8) is 0 Å². The van der Waals surface area contributed by atoms with E-state index < -0.39 is 0 Å². The number of carbonyl (C=O) groups excluding carboxylic acids is 1. The molecule has 1 aliphatic carbocycles. The van der Waals surface area contributed by atoms with E-state index in [2.05, 4.69) is 26.2 Å². The number of carbonyl (C=O) groups is 1. The van der Waals surface area contributed by atoms with Crippen LogP contribution in [0.3, 0.4) is 0 Å². The quantitative estimate of drug-likeness (QED) is 0.860. The van der Waals surface area contributed by atoms with Crippen LogP contribution in [-0.4, -0.2) is 22.8 Å². The number of hydrogen-bond donors (Lipinski definition) is 1. The van der Waals surface area contributed by atoms with E-state index in [9.17, 15) is 4.79 Å². The molecule has 1 aliphatic rings. The fourth-order valence-electron chi connectivity index (χ4n) is 2.61. The molecule has 1 aromatic heterocycles. The van der Waals surface area contributed by atoms with E-state index in [1.165, 1.54) is 25.5 Å². The Morgan fingerprint density at radius 1 is 1.40 bits per heavy atom. The molecule has 0 spiro atoms. The normalized spacial score (nSPS) is 17.2. The van der Waals surface area contributed by atoms with E-state index >= 15 is 0 Å². The van der Waals surface area contributed by atoms with E-state index in [-0.39, 0.29) is 11.3 Å². The van der Waals surface area contributed by atoms with Crippen molar-refractivity contribution in [2.45, 2.75) is 32.1 Å². The van der Waals surface area contributed by atoms with E-state index in [1.54, 1.807) is 12.1 Å². The number of hydrogen-bond acceptors (Lipinski definition) is 3. The van der Waals surface area contributed by atoms with Gasteiger partial charge < -0.3 is 5.32 Å². The molecule has 4 nitrogen and oxygen atoms in total. The molecule has 1 heterocycles. The smallest absolute Gasteiger partial charge is 0.269 e. The second-order valence-electron chi connectivity index (χ2n) is 5.42. The summed E-state index contributed by atoms with van der Waals surface area (Å²) in [4.78, 5) is 16.1. The zero-order valence-electron chi connectivity index (χ0n) is 11.4. The van der Waals surface area contributed by atoms with Crippen LogP contribution in [0.1, 0.15) is 48.2 Å². The van der Waals surface area contributed by atoms with Gasteiger partial charge in [-0.05, 0) is 30.4 Å². The van der Waals surface area contributed by atoms with E-state index in [0.29, 0.717) is 17.8 Å². The summed E-state index contributed by atoms with van der Waals surface area (Å²) in [5.74, 6) is -0.166. The summed E-state index contributed by atoms with van der Waals surface area (Å²) in [7, 11) is 0. The molecule has 20 heavy (non-hydrogen) atoms. The Hall–Kier alpha value is -1.41. The number of nitrogens with zero attached hydrogens (tertiary/aromatic N) is 2. The number of halogens is 1. The Labute approximate surface area is 127 Å². The highest BCUT2D eigenvalue weighted by molar-refractivity contribution is 9.09. The predicted molar refractivity (Wildman–Crippen MR) is 80.6 cm³/mol. The van der Waals surface area contributed by atoms with Gasteiger partial charge in [-0.25, -0.2) is 4.98 Å². The molecular formula is C15H18BrN3O. The minimum absolute atomic E-state index is 0.166.